The minimum Gasteiger partial charge on any atom is -0.354 e. The average molecular weight is 263 g/mol. The minimum atomic E-state index is 0.690. The fourth-order valence-electron chi connectivity index (χ4n) is 2.66. The molecule has 18 heavy (non-hydrogen) atoms. The Morgan fingerprint density at radius 2 is 2.39 bits per heavy atom. The Hall–Kier alpha value is -1.36. The molecule has 0 aliphatic carbocycles. The third-order valence-corrected chi connectivity index (χ3v) is 4.61. The van der Waals surface area contributed by atoms with E-state index in [9.17, 15) is 4.79 Å². The molecule has 0 N–H and O–H groups in total. The number of aldehydes is 1. The summed E-state index contributed by atoms with van der Waals surface area (Å²) in [6.45, 7) is 6.55. The number of anilines is 1. The molecule has 1 aliphatic heterocycles. The summed E-state index contributed by atoms with van der Waals surface area (Å²) in [5.41, 5.74) is 0.690. The zero-order valence-corrected chi connectivity index (χ0v) is 11.5. The molecule has 1 atom stereocenters. The summed E-state index contributed by atoms with van der Waals surface area (Å²) in [5.74, 6) is 2.27. The van der Waals surface area contributed by atoms with Gasteiger partial charge in [-0.15, -0.1) is 11.3 Å². The van der Waals surface area contributed by atoms with Crippen molar-refractivity contribution in [3.63, 3.8) is 0 Å². The zero-order valence-electron chi connectivity index (χ0n) is 10.7. The molecule has 3 rings (SSSR count). The van der Waals surface area contributed by atoms with E-state index in [1.165, 1.54) is 6.42 Å². The van der Waals surface area contributed by atoms with Crippen LogP contribution in [0.5, 0.6) is 0 Å². The standard InChI is InChI=1S/C13H17N3OS/c1-9(2)10-3-4-15(7-10)12-11(8-17)16-5-6-18-13(16)14-12/h5-6,8-10H,3-4,7H2,1-2H3. The van der Waals surface area contributed by atoms with Crippen LogP contribution in [0, 0.1) is 11.8 Å². The van der Waals surface area contributed by atoms with E-state index in [2.05, 4.69) is 23.7 Å². The van der Waals surface area contributed by atoms with Gasteiger partial charge in [-0.25, -0.2) is 4.98 Å². The lowest BCUT2D eigenvalue weighted by Crippen LogP contribution is -2.22. The minimum absolute atomic E-state index is 0.690. The van der Waals surface area contributed by atoms with Crippen molar-refractivity contribution in [2.45, 2.75) is 20.3 Å². The molecule has 3 heterocycles. The van der Waals surface area contributed by atoms with Crippen molar-refractivity contribution in [3.8, 4) is 0 Å². The number of hydrogen-bond acceptors (Lipinski definition) is 4. The fraction of sp³-hybridized carbons (Fsp3) is 0.538. The van der Waals surface area contributed by atoms with Gasteiger partial charge < -0.3 is 4.90 Å². The smallest absolute Gasteiger partial charge is 0.196 e. The van der Waals surface area contributed by atoms with Crippen LogP contribution in [0.25, 0.3) is 4.96 Å². The van der Waals surface area contributed by atoms with Crippen LogP contribution in [-0.2, 0) is 0 Å². The van der Waals surface area contributed by atoms with E-state index in [-0.39, 0.29) is 0 Å². The van der Waals surface area contributed by atoms with Crippen LogP contribution in [0.4, 0.5) is 5.82 Å². The van der Waals surface area contributed by atoms with E-state index >= 15 is 0 Å². The van der Waals surface area contributed by atoms with Crippen molar-refractivity contribution in [1.82, 2.24) is 9.38 Å². The van der Waals surface area contributed by atoms with Gasteiger partial charge in [-0.1, -0.05) is 13.8 Å². The largest absolute Gasteiger partial charge is 0.354 e. The van der Waals surface area contributed by atoms with Gasteiger partial charge >= 0.3 is 0 Å². The molecule has 1 saturated heterocycles. The maximum absolute atomic E-state index is 11.3. The van der Waals surface area contributed by atoms with Crippen molar-refractivity contribution in [3.05, 3.63) is 17.3 Å². The Morgan fingerprint density at radius 1 is 1.56 bits per heavy atom. The Labute approximate surface area is 110 Å². The highest BCUT2D eigenvalue weighted by Crippen LogP contribution is 2.30. The van der Waals surface area contributed by atoms with E-state index in [1.807, 2.05) is 16.0 Å². The number of fused-ring (bicyclic) bond motifs is 1. The number of aromatic nitrogens is 2. The third kappa shape index (κ3) is 1.73. The van der Waals surface area contributed by atoms with Gasteiger partial charge in [-0.3, -0.25) is 9.20 Å². The number of hydrogen-bond donors (Lipinski definition) is 0. The molecule has 0 amide bonds. The second-order valence-corrected chi connectivity index (χ2v) is 6.11. The Morgan fingerprint density at radius 3 is 3.06 bits per heavy atom. The summed E-state index contributed by atoms with van der Waals surface area (Å²) in [7, 11) is 0. The van der Waals surface area contributed by atoms with Gasteiger partial charge in [0.15, 0.2) is 17.1 Å². The topological polar surface area (TPSA) is 37.6 Å². The monoisotopic (exact) mass is 263 g/mol. The number of rotatable bonds is 3. The molecule has 1 fully saturated rings. The summed E-state index contributed by atoms with van der Waals surface area (Å²) >= 11 is 1.57. The first kappa shape index (κ1) is 11.7. The van der Waals surface area contributed by atoms with Crippen LogP contribution in [0.15, 0.2) is 11.6 Å². The van der Waals surface area contributed by atoms with Crippen molar-refractivity contribution in [1.29, 1.82) is 0 Å². The van der Waals surface area contributed by atoms with Crippen LogP contribution in [0.2, 0.25) is 0 Å². The van der Waals surface area contributed by atoms with E-state index in [4.69, 9.17) is 0 Å². The van der Waals surface area contributed by atoms with Gasteiger partial charge in [0.25, 0.3) is 0 Å². The molecule has 0 bridgehead atoms. The highest BCUT2D eigenvalue weighted by molar-refractivity contribution is 7.15. The van der Waals surface area contributed by atoms with E-state index in [0.29, 0.717) is 17.5 Å². The SMILES string of the molecule is CC(C)C1CCN(c2nc3sccn3c2C=O)C1. The molecule has 5 heteroatoms. The predicted octanol–water partition coefficient (Wildman–Crippen LogP) is 2.69. The van der Waals surface area contributed by atoms with Crippen LogP contribution in [0.1, 0.15) is 30.8 Å². The Balaban J connectivity index is 1.95. The molecule has 2 aromatic heterocycles. The number of carbonyl (C=O) groups excluding carboxylic acids is 1. The molecule has 0 spiro atoms. The average Bonchev–Trinajstić information content (AvgIpc) is 3.02. The molecular formula is C13H17N3OS. The van der Waals surface area contributed by atoms with Crippen LogP contribution >= 0.6 is 11.3 Å². The molecule has 1 aliphatic rings. The molecule has 0 saturated carbocycles. The van der Waals surface area contributed by atoms with E-state index in [1.54, 1.807) is 11.3 Å². The highest BCUT2D eigenvalue weighted by Gasteiger charge is 2.28. The summed E-state index contributed by atoms with van der Waals surface area (Å²) in [6, 6.07) is 0. The van der Waals surface area contributed by atoms with Crippen LogP contribution in [-0.4, -0.2) is 28.8 Å². The number of nitrogens with zero attached hydrogens (tertiary/aromatic N) is 3. The van der Waals surface area contributed by atoms with Crippen LogP contribution in [0.3, 0.4) is 0 Å². The number of thiazole rings is 1. The van der Waals surface area contributed by atoms with Gasteiger partial charge in [0.05, 0.1) is 0 Å². The third-order valence-electron chi connectivity index (χ3n) is 3.86. The molecule has 0 radical (unpaired) electrons. The van der Waals surface area contributed by atoms with Crippen molar-refractivity contribution < 1.29 is 4.79 Å². The maximum Gasteiger partial charge on any atom is 0.196 e. The molecule has 96 valence electrons. The summed E-state index contributed by atoms with van der Waals surface area (Å²) in [6.07, 6.45) is 4.03. The molecular weight excluding hydrogens is 246 g/mol. The molecule has 0 aromatic carbocycles. The summed E-state index contributed by atoms with van der Waals surface area (Å²) in [4.78, 5) is 19.0. The van der Waals surface area contributed by atoms with Crippen molar-refractivity contribution >= 4 is 28.4 Å². The van der Waals surface area contributed by atoms with E-state index < -0.39 is 0 Å². The van der Waals surface area contributed by atoms with Gasteiger partial charge in [0.1, 0.15) is 5.69 Å². The lowest BCUT2D eigenvalue weighted by atomic mass is 9.95. The number of imidazole rings is 1. The van der Waals surface area contributed by atoms with Crippen molar-refractivity contribution in [2.24, 2.45) is 11.8 Å². The van der Waals surface area contributed by atoms with Gasteiger partial charge in [0.2, 0.25) is 0 Å². The predicted molar refractivity (Wildman–Crippen MR) is 73.6 cm³/mol. The molecule has 1 unspecified atom stereocenters. The maximum atomic E-state index is 11.3. The molecule has 4 nitrogen and oxygen atoms in total. The first-order chi connectivity index (χ1) is 8.70. The Bertz CT molecular complexity index is 572. The Kier molecular flexibility index (Phi) is 2.86. The highest BCUT2D eigenvalue weighted by atomic mass is 32.1. The quantitative estimate of drug-likeness (QED) is 0.799. The zero-order chi connectivity index (χ0) is 12.7. The van der Waals surface area contributed by atoms with Gasteiger partial charge in [-0.05, 0) is 18.3 Å². The summed E-state index contributed by atoms with van der Waals surface area (Å²) < 4.78 is 1.88. The number of carbonyl (C=O) groups is 1. The normalized spacial score (nSPS) is 20.2. The van der Waals surface area contributed by atoms with Gasteiger partial charge in [0, 0.05) is 24.7 Å². The van der Waals surface area contributed by atoms with Crippen LogP contribution < -0.4 is 4.90 Å². The molecule has 2 aromatic rings. The second-order valence-electron chi connectivity index (χ2n) is 5.23. The fourth-order valence-corrected chi connectivity index (χ4v) is 3.37. The summed E-state index contributed by atoms with van der Waals surface area (Å²) in [5, 5.41) is 1.96. The van der Waals surface area contributed by atoms with Gasteiger partial charge in [-0.2, -0.15) is 0 Å². The first-order valence-corrected chi connectivity index (χ1v) is 7.24. The first-order valence-electron chi connectivity index (χ1n) is 6.36. The van der Waals surface area contributed by atoms with Crippen molar-refractivity contribution in [2.75, 3.05) is 18.0 Å². The lowest BCUT2D eigenvalue weighted by Gasteiger charge is -2.18. The van der Waals surface area contributed by atoms with E-state index in [0.717, 1.165) is 30.2 Å². The lowest BCUT2D eigenvalue weighted by molar-refractivity contribution is 0.111. The second kappa shape index (κ2) is 4.39.